The lowest BCUT2D eigenvalue weighted by Crippen LogP contribution is -2.15. The minimum Gasteiger partial charge on any atom is -0.409 e. The maximum Gasteiger partial charge on any atom is 0.530 e. The van der Waals surface area contributed by atoms with Gasteiger partial charge in [-0.1, -0.05) is 98.7 Å². The van der Waals surface area contributed by atoms with E-state index >= 15 is 0 Å². The molecule has 3 aromatic rings. The van der Waals surface area contributed by atoms with Crippen LogP contribution in [0.4, 0.5) is 0 Å². The highest BCUT2D eigenvalue weighted by molar-refractivity contribution is 7.43. The van der Waals surface area contributed by atoms with Crippen LogP contribution in [-0.4, -0.2) is 0 Å². The van der Waals surface area contributed by atoms with Crippen molar-refractivity contribution in [2.24, 2.45) is 0 Å². The first kappa shape index (κ1) is 29.1. The van der Waals surface area contributed by atoms with Crippen molar-refractivity contribution in [3.05, 3.63) is 89.5 Å². The largest absolute Gasteiger partial charge is 0.530 e. The van der Waals surface area contributed by atoms with Gasteiger partial charge in [-0.2, -0.15) is 0 Å². The van der Waals surface area contributed by atoms with Gasteiger partial charge in [-0.15, -0.1) is 0 Å². The average molecular weight is 521 g/mol. The van der Waals surface area contributed by atoms with Gasteiger partial charge >= 0.3 is 8.60 Å². The molecule has 0 radical (unpaired) electrons. The fourth-order valence-corrected chi connectivity index (χ4v) is 4.82. The molecule has 3 nitrogen and oxygen atoms in total. The molecule has 0 atom stereocenters. The first-order valence-corrected chi connectivity index (χ1v) is 14.7. The molecule has 200 valence electrons. The molecule has 37 heavy (non-hydrogen) atoms. The van der Waals surface area contributed by atoms with E-state index in [1.54, 1.807) is 0 Å². The molecule has 0 unspecified atom stereocenters. The van der Waals surface area contributed by atoms with Gasteiger partial charge in [0.1, 0.15) is 17.2 Å². The summed E-state index contributed by atoms with van der Waals surface area (Å²) in [6.07, 6.45) is 3.21. The normalized spacial score (nSPS) is 12.5. The fourth-order valence-electron chi connectivity index (χ4n) is 3.83. The molecule has 0 saturated heterocycles. The monoisotopic (exact) mass is 520 g/mol. The summed E-state index contributed by atoms with van der Waals surface area (Å²) in [5.74, 6) is 2.19. The van der Waals surface area contributed by atoms with Gasteiger partial charge in [0.25, 0.3) is 0 Å². The molecule has 0 bridgehead atoms. The van der Waals surface area contributed by atoms with Gasteiger partial charge in [0.05, 0.1) is 0 Å². The molecular formula is C33H45O3P. The molecule has 0 aromatic heterocycles. The second kappa shape index (κ2) is 11.9. The molecule has 3 aromatic carbocycles. The van der Waals surface area contributed by atoms with Gasteiger partial charge in [0.15, 0.2) is 0 Å². The van der Waals surface area contributed by atoms with Gasteiger partial charge in [0.2, 0.25) is 0 Å². The number of hydrogen-bond donors (Lipinski definition) is 0. The van der Waals surface area contributed by atoms with E-state index < -0.39 is 8.60 Å². The van der Waals surface area contributed by atoms with Gasteiger partial charge in [-0.25, -0.2) is 0 Å². The summed E-state index contributed by atoms with van der Waals surface area (Å²) in [5.41, 5.74) is 4.24. The second-order valence-electron chi connectivity index (χ2n) is 11.8. The van der Waals surface area contributed by atoms with Gasteiger partial charge in [0, 0.05) is 0 Å². The third-order valence-electron chi connectivity index (χ3n) is 8.10. The molecule has 0 spiro atoms. The summed E-state index contributed by atoms with van der Waals surface area (Å²) in [4.78, 5) is 0. The summed E-state index contributed by atoms with van der Waals surface area (Å²) < 4.78 is 18.8. The maximum absolute atomic E-state index is 6.28. The minimum atomic E-state index is -1.71. The van der Waals surface area contributed by atoms with Crippen LogP contribution < -0.4 is 13.6 Å². The van der Waals surface area contributed by atoms with E-state index in [0.29, 0.717) is 0 Å². The smallest absolute Gasteiger partial charge is 0.409 e. The zero-order valence-corrected chi connectivity index (χ0v) is 25.1. The van der Waals surface area contributed by atoms with E-state index in [4.69, 9.17) is 13.6 Å². The lowest BCUT2D eigenvalue weighted by Gasteiger charge is -2.25. The zero-order chi connectivity index (χ0) is 27.3. The molecule has 3 rings (SSSR count). The Morgan fingerprint density at radius 1 is 0.432 bits per heavy atom. The van der Waals surface area contributed by atoms with Crippen molar-refractivity contribution in [3.8, 4) is 17.2 Å². The topological polar surface area (TPSA) is 27.7 Å². The van der Waals surface area contributed by atoms with Crippen molar-refractivity contribution in [3.63, 3.8) is 0 Å². The molecule has 0 aliphatic carbocycles. The molecule has 0 fully saturated rings. The Morgan fingerprint density at radius 2 is 0.649 bits per heavy atom. The van der Waals surface area contributed by atoms with Gasteiger partial charge in [-0.3, -0.25) is 0 Å². The average Bonchev–Trinajstić information content (AvgIpc) is 2.89. The van der Waals surface area contributed by atoms with Gasteiger partial charge in [-0.05, 0) is 88.6 Å². The van der Waals surface area contributed by atoms with Crippen molar-refractivity contribution < 1.29 is 13.6 Å². The van der Waals surface area contributed by atoms with Crippen molar-refractivity contribution in [2.75, 3.05) is 0 Å². The first-order chi connectivity index (χ1) is 17.4. The molecule has 0 amide bonds. The molecule has 0 aliphatic rings. The van der Waals surface area contributed by atoms with Crippen LogP contribution in [0.3, 0.4) is 0 Å². The summed E-state index contributed by atoms with van der Waals surface area (Å²) >= 11 is 0. The Kier molecular flexibility index (Phi) is 9.35. The van der Waals surface area contributed by atoms with Crippen molar-refractivity contribution in [2.45, 2.75) is 97.8 Å². The van der Waals surface area contributed by atoms with Crippen molar-refractivity contribution >= 4 is 8.60 Å². The molecule has 0 aliphatic heterocycles. The van der Waals surface area contributed by atoms with E-state index in [1.165, 1.54) is 16.7 Å². The molecule has 4 heteroatoms. The van der Waals surface area contributed by atoms with Crippen LogP contribution >= 0.6 is 8.60 Å². The van der Waals surface area contributed by atoms with Crippen LogP contribution in [0.5, 0.6) is 17.2 Å². The lowest BCUT2D eigenvalue weighted by atomic mass is 9.82. The van der Waals surface area contributed by atoms with E-state index in [0.717, 1.165) is 36.5 Å². The molecular weight excluding hydrogens is 475 g/mol. The lowest BCUT2D eigenvalue weighted by molar-refractivity contribution is 0.387. The summed E-state index contributed by atoms with van der Waals surface area (Å²) in [6.45, 7) is 20.2. The number of benzene rings is 3. The Labute approximate surface area is 226 Å². The molecule has 0 N–H and O–H groups in total. The van der Waals surface area contributed by atoms with E-state index in [9.17, 15) is 0 Å². The highest BCUT2D eigenvalue weighted by Gasteiger charge is 2.24. The highest BCUT2D eigenvalue weighted by Crippen LogP contribution is 2.43. The minimum absolute atomic E-state index is 0.123. The maximum atomic E-state index is 6.28. The highest BCUT2D eigenvalue weighted by atomic mass is 31.2. The fraction of sp³-hybridized carbons (Fsp3) is 0.455. The standard InChI is InChI=1S/C33H45O3P/c1-10-31(4,5)25-13-19-28(20-14-25)34-37(35-29-21-15-26(16-22-29)32(6,7)11-2)36-30-23-17-27(18-24-30)33(8,9)12-3/h13-24H,10-12H2,1-9H3. The van der Waals surface area contributed by atoms with Crippen molar-refractivity contribution in [1.82, 2.24) is 0 Å². The molecule has 0 heterocycles. The van der Waals surface area contributed by atoms with Crippen LogP contribution in [0, 0.1) is 0 Å². The molecule has 0 saturated carbocycles. The Bertz CT molecular complexity index is 968. The van der Waals surface area contributed by atoms with E-state index in [2.05, 4.69) is 98.7 Å². The second-order valence-corrected chi connectivity index (χ2v) is 12.8. The van der Waals surface area contributed by atoms with E-state index in [1.807, 2.05) is 36.4 Å². The summed E-state index contributed by atoms with van der Waals surface area (Å²) in [6, 6.07) is 24.9. The SMILES string of the molecule is CCC(C)(C)c1ccc(OP(Oc2ccc(C(C)(C)CC)cc2)Oc2ccc(C(C)(C)CC)cc2)cc1. The Balaban J connectivity index is 1.83. The summed E-state index contributed by atoms with van der Waals surface area (Å²) in [5, 5.41) is 0. The summed E-state index contributed by atoms with van der Waals surface area (Å²) in [7, 11) is -1.71. The number of rotatable bonds is 12. The third-order valence-corrected chi connectivity index (χ3v) is 9.18. The number of hydrogen-bond acceptors (Lipinski definition) is 3. The van der Waals surface area contributed by atoms with Gasteiger partial charge < -0.3 is 13.6 Å². The first-order valence-electron chi connectivity index (χ1n) is 13.6. The van der Waals surface area contributed by atoms with E-state index in [-0.39, 0.29) is 16.2 Å². The predicted octanol–water partition coefficient (Wildman–Crippen LogP) is 10.5. The van der Waals surface area contributed by atoms with Crippen LogP contribution in [0.2, 0.25) is 0 Å². The van der Waals surface area contributed by atoms with Crippen LogP contribution in [0.15, 0.2) is 72.8 Å². The van der Waals surface area contributed by atoms with Crippen molar-refractivity contribution in [1.29, 1.82) is 0 Å². The third kappa shape index (κ3) is 7.51. The predicted molar refractivity (Wildman–Crippen MR) is 158 cm³/mol. The Hall–Kier alpha value is -2.51. The van der Waals surface area contributed by atoms with Crippen LogP contribution in [0.25, 0.3) is 0 Å². The Morgan fingerprint density at radius 3 is 0.838 bits per heavy atom. The quantitative estimate of drug-likeness (QED) is 0.222. The van der Waals surface area contributed by atoms with Crippen LogP contribution in [-0.2, 0) is 16.2 Å². The van der Waals surface area contributed by atoms with Crippen LogP contribution in [0.1, 0.15) is 98.3 Å². The zero-order valence-electron chi connectivity index (χ0n) is 24.2.